The van der Waals surface area contributed by atoms with E-state index in [2.05, 4.69) is 17.1 Å². The van der Waals surface area contributed by atoms with Crippen LogP contribution >= 0.6 is 0 Å². The second-order valence-corrected chi connectivity index (χ2v) is 3.55. The van der Waals surface area contributed by atoms with Crippen molar-refractivity contribution in [1.82, 2.24) is 10.2 Å². The maximum absolute atomic E-state index is 5.44. The number of rotatable bonds is 11. The van der Waals surface area contributed by atoms with Gasteiger partial charge in [0, 0.05) is 26.7 Å². The molecule has 0 saturated carbocycles. The summed E-state index contributed by atoms with van der Waals surface area (Å²) in [6, 6.07) is 0. The molecule has 0 aliphatic rings. The Morgan fingerprint density at radius 3 is 2.47 bits per heavy atom. The normalized spacial score (nSPS) is 11.2. The first-order chi connectivity index (χ1) is 7.35. The van der Waals surface area contributed by atoms with Crippen LogP contribution in [-0.2, 0) is 9.47 Å². The largest absolute Gasteiger partial charge is 0.382 e. The molecule has 0 fully saturated rings. The highest BCUT2D eigenvalue weighted by Crippen LogP contribution is 1.91. The van der Waals surface area contributed by atoms with E-state index in [1.54, 1.807) is 7.11 Å². The Morgan fingerprint density at radius 1 is 1.07 bits per heavy atom. The van der Waals surface area contributed by atoms with Gasteiger partial charge in [0.15, 0.2) is 0 Å². The van der Waals surface area contributed by atoms with Gasteiger partial charge in [-0.2, -0.15) is 0 Å². The van der Waals surface area contributed by atoms with Gasteiger partial charge in [-0.15, -0.1) is 0 Å². The van der Waals surface area contributed by atoms with Crippen molar-refractivity contribution < 1.29 is 9.47 Å². The molecule has 0 aromatic rings. The van der Waals surface area contributed by atoms with E-state index in [4.69, 9.17) is 9.47 Å². The highest BCUT2D eigenvalue weighted by atomic mass is 16.5. The van der Waals surface area contributed by atoms with Gasteiger partial charge in [-0.25, -0.2) is 0 Å². The number of methoxy groups -OCH3 is 1. The first kappa shape index (κ1) is 14.8. The smallest absolute Gasteiger partial charge is 0.0700 e. The zero-order chi connectivity index (χ0) is 11.4. The van der Waals surface area contributed by atoms with E-state index in [1.165, 1.54) is 6.42 Å². The zero-order valence-electron chi connectivity index (χ0n) is 10.4. The van der Waals surface area contributed by atoms with E-state index >= 15 is 0 Å². The van der Waals surface area contributed by atoms with Gasteiger partial charge in [-0.05, 0) is 20.0 Å². The van der Waals surface area contributed by atoms with Gasteiger partial charge in [0.25, 0.3) is 0 Å². The molecule has 0 aromatic carbocycles. The molecular formula is C11H26N2O2. The third-order valence-electron chi connectivity index (χ3n) is 2.20. The van der Waals surface area contributed by atoms with Gasteiger partial charge in [0.2, 0.25) is 0 Å². The molecule has 0 unspecified atom stereocenters. The number of nitrogens with zero attached hydrogens (tertiary/aromatic N) is 1. The molecule has 0 spiro atoms. The number of likely N-dealkylation sites (N-methyl/N-ethyl adjacent to an activating group) is 1. The molecule has 4 heteroatoms. The summed E-state index contributed by atoms with van der Waals surface area (Å²) in [4.78, 5) is 2.42. The van der Waals surface area contributed by atoms with Gasteiger partial charge < -0.3 is 14.8 Å². The van der Waals surface area contributed by atoms with Gasteiger partial charge in [0.05, 0.1) is 19.8 Å². The Balaban J connectivity index is 3.38. The lowest BCUT2D eigenvalue weighted by molar-refractivity contribution is 0.0573. The van der Waals surface area contributed by atoms with Crippen LogP contribution in [0.1, 0.15) is 13.3 Å². The van der Waals surface area contributed by atoms with E-state index in [9.17, 15) is 0 Å². The molecule has 92 valence electrons. The van der Waals surface area contributed by atoms with Gasteiger partial charge >= 0.3 is 0 Å². The summed E-state index contributed by atoms with van der Waals surface area (Å²) in [6.45, 7) is 8.68. The topological polar surface area (TPSA) is 33.7 Å². The van der Waals surface area contributed by atoms with E-state index < -0.39 is 0 Å². The van der Waals surface area contributed by atoms with E-state index in [0.29, 0.717) is 13.2 Å². The summed E-state index contributed by atoms with van der Waals surface area (Å²) in [7, 11) is 3.68. The Labute approximate surface area is 93.9 Å². The fourth-order valence-electron chi connectivity index (χ4n) is 1.36. The minimum absolute atomic E-state index is 0.685. The van der Waals surface area contributed by atoms with Crippen molar-refractivity contribution in [2.75, 3.05) is 60.2 Å². The van der Waals surface area contributed by atoms with Crippen LogP contribution in [0.15, 0.2) is 0 Å². The lowest BCUT2D eigenvalue weighted by Crippen LogP contribution is -2.34. The van der Waals surface area contributed by atoms with Crippen molar-refractivity contribution in [3.8, 4) is 0 Å². The number of nitrogens with one attached hydrogen (secondary N) is 1. The van der Waals surface area contributed by atoms with Crippen molar-refractivity contribution in [2.45, 2.75) is 13.3 Å². The van der Waals surface area contributed by atoms with Crippen LogP contribution in [0.4, 0.5) is 0 Å². The zero-order valence-corrected chi connectivity index (χ0v) is 10.4. The minimum Gasteiger partial charge on any atom is -0.382 e. The number of hydrogen-bond acceptors (Lipinski definition) is 4. The third-order valence-corrected chi connectivity index (χ3v) is 2.20. The highest BCUT2D eigenvalue weighted by molar-refractivity contribution is 4.57. The van der Waals surface area contributed by atoms with Gasteiger partial charge in [0.1, 0.15) is 0 Å². The van der Waals surface area contributed by atoms with Gasteiger partial charge in [-0.1, -0.05) is 6.92 Å². The molecule has 15 heavy (non-hydrogen) atoms. The van der Waals surface area contributed by atoms with Crippen molar-refractivity contribution >= 4 is 0 Å². The second-order valence-electron chi connectivity index (χ2n) is 3.55. The molecule has 0 amide bonds. The molecule has 0 atom stereocenters. The Bertz CT molecular complexity index is 123. The Morgan fingerprint density at radius 2 is 1.87 bits per heavy atom. The predicted molar refractivity (Wildman–Crippen MR) is 63.4 cm³/mol. The van der Waals surface area contributed by atoms with Crippen LogP contribution in [0, 0.1) is 0 Å². The summed E-state index contributed by atoms with van der Waals surface area (Å²) in [5.41, 5.74) is 0. The fraction of sp³-hybridized carbons (Fsp3) is 1.00. The van der Waals surface area contributed by atoms with E-state index in [0.717, 1.165) is 32.8 Å². The van der Waals surface area contributed by atoms with Crippen LogP contribution in [0.25, 0.3) is 0 Å². The maximum atomic E-state index is 5.44. The van der Waals surface area contributed by atoms with Crippen molar-refractivity contribution in [3.05, 3.63) is 0 Å². The van der Waals surface area contributed by atoms with E-state index in [1.807, 2.05) is 7.05 Å². The van der Waals surface area contributed by atoms with Crippen molar-refractivity contribution in [1.29, 1.82) is 0 Å². The summed E-state index contributed by atoms with van der Waals surface area (Å²) in [6.07, 6.45) is 1.20. The predicted octanol–water partition coefficient (Wildman–Crippen LogP) is 0.581. The summed E-state index contributed by atoms with van der Waals surface area (Å²) in [5.74, 6) is 0. The summed E-state index contributed by atoms with van der Waals surface area (Å²) < 4.78 is 10.4. The molecule has 4 nitrogen and oxygen atoms in total. The molecule has 0 aromatic heterocycles. The monoisotopic (exact) mass is 218 g/mol. The average Bonchev–Trinajstić information content (AvgIpc) is 2.25. The van der Waals surface area contributed by atoms with Crippen LogP contribution in [0.5, 0.6) is 0 Å². The van der Waals surface area contributed by atoms with E-state index in [-0.39, 0.29) is 0 Å². The molecular weight excluding hydrogens is 192 g/mol. The molecule has 0 heterocycles. The van der Waals surface area contributed by atoms with Crippen LogP contribution in [-0.4, -0.2) is 65.1 Å². The first-order valence-corrected chi connectivity index (χ1v) is 5.78. The molecule has 0 saturated heterocycles. The number of hydrogen-bond donors (Lipinski definition) is 1. The number of ether oxygens (including phenoxy) is 2. The SMILES string of the molecule is CCCN(CCNC)CCOCCOC. The van der Waals surface area contributed by atoms with Crippen molar-refractivity contribution in [2.24, 2.45) is 0 Å². The highest BCUT2D eigenvalue weighted by Gasteiger charge is 2.02. The summed E-state index contributed by atoms with van der Waals surface area (Å²) in [5, 5.41) is 3.16. The second kappa shape index (κ2) is 11.9. The van der Waals surface area contributed by atoms with Crippen LogP contribution < -0.4 is 5.32 Å². The maximum Gasteiger partial charge on any atom is 0.0700 e. The molecule has 0 aliphatic carbocycles. The summed E-state index contributed by atoms with van der Waals surface area (Å²) >= 11 is 0. The molecule has 0 aliphatic heterocycles. The molecule has 0 rings (SSSR count). The lowest BCUT2D eigenvalue weighted by atomic mass is 10.4. The average molecular weight is 218 g/mol. The third kappa shape index (κ3) is 10.1. The van der Waals surface area contributed by atoms with Crippen molar-refractivity contribution in [3.63, 3.8) is 0 Å². The Hall–Kier alpha value is -0.160. The molecule has 0 radical (unpaired) electrons. The first-order valence-electron chi connectivity index (χ1n) is 5.78. The lowest BCUT2D eigenvalue weighted by Gasteiger charge is -2.21. The standard InChI is InChI=1S/C11H26N2O2/c1-4-6-13(7-5-12-2)8-9-15-11-10-14-3/h12H,4-11H2,1-3H3. The quantitative estimate of drug-likeness (QED) is 0.514. The Kier molecular flexibility index (Phi) is 11.8. The fourth-order valence-corrected chi connectivity index (χ4v) is 1.36. The van der Waals surface area contributed by atoms with Gasteiger partial charge in [-0.3, -0.25) is 4.90 Å². The van der Waals surface area contributed by atoms with Crippen LogP contribution in [0.2, 0.25) is 0 Å². The molecule has 0 bridgehead atoms. The van der Waals surface area contributed by atoms with Crippen LogP contribution in [0.3, 0.4) is 0 Å². The minimum atomic E-state index is 0.685. The molecule has 1 N–H and O–H groups in total.